The van der Waals surface area contributed by atoms with E-state index in [2.05, 4.69) is 5.32 Å². The SMILES string of the molecule is CCOc1cc2c(cc1COC(=O)CNC(=O)c1cc(OC)c(OC)c(OC)c1)OC(C)C2. The van der Waals surface area contributed by atoms with Crippen LogP contribution in [-0.2, 0) is 22.6 Å². The maximum atomic E-state index is 12.5. The van der Waals surface area contributed by atoms with E-state index >= 15 is 0 Å². The number of methoxy groups -OCH3 is 3. The molecule has 0 spiro atoms. The molecule has 1 heterocycles. The van der Waals surface area contributed by atoms with Crippen molar-refractivity contribution in [1.29, 1.82) is 0 Å². The topological polar surface area (TPSA) is 102 Å². The van der Waals surface area contributed by atoms with Gasteiger partial charge in [-0.15, -0.1) is 0 Å². The molecule has 0 saturated carbocycles. The summed E-state index contributed by atoms with van der Waals surface area (Å²) in [7, 11) is 4.38. The molecule has 1 unspecified atom stereocenters. The number of carbonyl (C=O) groups excluding carboxylic acids is 2. The Hall–Kier alpha value is -3.62. The number of benzene rings is 2. The van der Waals surface area contributed by atoms with E-state index in [9.17, 15) is 9.59 Å². The third-order valence-corrected chi connectivity index (χ3v) is 5.09. The van der Waals surface area contributed by atoms with Crippen molar-refractivity contribution in [2.75, 3.05) is 34.5 Å². The summed E-state index contributed by atoms with van der Waals surface area (Å²) in [6, 6.07) is 6.77. The number of esters is 1. The Balaban J connectivity index is 1.61. The Morgan fingerprint density at radius 3 is 2.33 bits per heavy atom. The van der Waals surface area contributed by atoms with Gasteiger partial charge in [-0.2, -0.15) is 0 Å². The molecule has 0 radical (unpaired) electrons. The van der Waals surface area contributed by atoms with E-state index in [1.54, 1.807) is 0 Å². The molecular weight excluding hydrogens is 430 g/mol. The van der Waals surface area contributed by atoms with E-state index in [-0.39, 0.29) is 24.8 Å². The normalized spacial score (nSPS) is 14.0. The van der Waals surface area contributed by atoms with Gasteiger partial charge in [-0.3, -0.25) is 9.59 Å². The molecule has 0 bridgehead atoms. The first-order valence-electron chi connectivity index (χ1n) is 10.6. The summed E-state index contributed by atoms with van der Waals surface area (Å²) in [5.41, 5.74) is 2.02. The second-order valence-corrected chi connectivity index (χ2v) is 7.39. The van der Waals surface area contributed by atoms with Gasteiger partial charge in [-0.1, -0.05) is 0 Å². The van der Waals surface area contributed by atoms with Crippen molar-refractivity contribution >= 4 is 11.9 Å². The van der Waals surface area contributed by atoms with Crippen molar-refractivity contribution in [2.24, 2.45) is 0 Å². The number of carbonyl (C=O) groups is 2. The van der Waals surface area contributed by atoms with Crippen molar-refractivity contribution < 1.29 is 38.0 Å². The zero-order chi connectivity index (χ0) is 24.0. The van der Waals surface area contributed by atoms with E-state index in [0.717, 1.165) is 17.7 Å². The van der Waals surface area contributed by atoms with Crippen LogP contribution in [0.15, 0.2) is 24.3 Å². The van der Waals surface area contributed by atoms with Crippen LogP contribution < -0.4 is 29.0 Å². The van der Waals surface area contributed by atoms with Crippen LogP contribution in [0.2, 0.25) is 0 Å². The number of rotatable bonds is 10. The molecular formula is C24H29NO8. The molecule has 0 saturated heterocycles. The highest BCUT2D eigenvalue weighted by molar-refractivity contribution is 5.97. The minimum Gasteiger partial charge on any atom is -0.493 e. The highest BCUT2D eigenvalue weighted by Gasteiger charge is 2.23. The molecule has 0 aromatic heterocycles. The molecule has 33 heavy (non-hydrogen) atoms. The predicted octanol–water partition coefficient (Wildman–Crippen LogP) is 2.91. The van der Waals surface area contributed by atoms with Crippen molar-refractivity contribution in [3.05, 3.63) is 41.0 Å². The average Bonchev–Trinajstić information content (AvgIpc) is 3.18. The molecule has 1 N–H and O–H groups in total. The van der Waals surface area contributed by atoms with Gasteiger partial charge in [0, 0.05) is 23.1 Å². The highest BCUT2D eigenvalue weighted by Crippen LogP contribution is 2.38. The Morgan fingerprint density at radius 1 is 1.03 bits per heavy atom. The molecule has 9 nitrogen and oxygen atoms in total. The minimum atomic E-state index is -0.590. The molecule has 1 atom stereocenters. The first-order valence-corrected chi connectivity index (χ1v) is 10.6. The van der Waals surface area contributed by atoms with Crippen LogP contribution in [0.5, 0.6) is 28.7 Å². The van der Waals surface area contributed by atoms with E-state index in [1.807, 2.05) is 26.0 Å². The van der Waals surface area contributed by atoms with Crippen LogP contribution in [0.25, 0.3) is 0 Å². The summed E-state index contributed by atoms with van der Waals surface area (Å²) in [4.78, 5) is 24.8. The van der Waals surface area contributed by atoms with Crippen LogP contribution in [-0.4, -0.2) is 52.5 Å². The van der Waals surface area contributed by atoms with Gasteiger partial charge in [0.05, 0.1) is 27.9 Å². The quantitative estimate of drug-likeness (QED) is 0.541. The Morgan fingerprint density at radius 2 is 1.73 bits per heavy atom. The number of fused-ring (bicyclic) bond motifs is 1. The van der Waals surface area contributed by atoms with Crippen molar-refractivity contribution in [3.8, 4) is 28.7 Å². The second-order valence-electron chi connectivity index (χ2n) is 7.39. The maximum Gasteiger partial charge on any atom is 0.325 e. The Labute approximate surface area is 192 Å². The van der Waals surface area contributed by atoms with Crippen LogP contribution in [0.1, 0.15) is 35.3 Å². The van der Waals surface area contributed by atoms with Gasteiger partial charge < -0.3 is 33.7 Å². The first-order chi connectivity index (χ1) is 15.9. The summed E-state index contributed by atoms with van der Waals surface area (Å²) in [5.74, 6) is 1.39. The van der Waals surface area contributed by atoms with E-state index in [1.165, 1.54) is 33.5 Å². The number of hydrogen-bond acceptors (Lipinski definition) is 8. The zero-order valence-electron chi connectivity index (χ0n) is 19.5. The molecule has 2 aromatic rings. The summed E-state index contributed by atoms with van der Waals surface area (Å²) in [6.07, 6.45) is 0.903. The largest absolute Gasteiger partial charge is 0.493 e. The Bertz CT molecular complexity index is 995. The Kier molecular flexibility index (Phi) is 7.87. The summed E-state index contributed by atoms with van der Waals surface area (Å²) in [5, 5.41) is 2.54. The standard InChI is InChI=1S/C24H29NO8/c1-6-31-18-8-15-7-14(2)33-19(15)11-17(18)13-32-22(26)12-25-24(27)16-9-20(28-3)23(30-5)21(10-16)29-4/h8-11,14H,6-7,12-13H2,1-5H3,(H,25,27). The summed E-state index contributed by atoms with van der Waals surface area (Å²) < 4.78 is 32.6. The van der Waals surface area contributed by atoms with E-state index < -0.39 is 11.9 Å². The van der Waals surface area contributed by atoms with Gasteiger partial charge in [0.15, 0.2) is 11.5 Å². The van der Waals surface area contributed by atoms with Crippen LogP contribution in [0.3, 0.4) is 0 Å². The van der Waals surface area contributed by atoms with Crippen molar-refractivity contribution in [2.45, 2.75) is 33.0 Å². The zero-order valence-corrected chi connectivity index (χ0v) is 19.5. The van der Waals surface area contributed by atoms with Crippen molar-refractivity contribution in [3.63, 3.8) is 0 Å². The monoisotopic (exact) mass is 459 g/mol. The third-order valence-electron chi connectivity index (χ3n) is 5.09. The number of nitrogens with one attached hydrogen (secondary N) is 1. The van der Waals surface area contributed by atoms with Crippen LogP contribution in [0, 0.1) is 0 Å². The van der Waals surface area contributed by atoms with E-state index in [4.69, 9.17) is 28.4 Å². The molecule has 2 aromatic carbocycles. The van der Waals surface area contributed by atoms with Gasteiger partial charge in [-0.05, 0) is 38.1 Å². The smallest absolute Gasteiger partial charge is 0.325 e. The predicted molar refractivity (Wildman–Crippen MR) is 120 cm³/mol. The van der Waals surface area contributed by atoms with Gasteiger partial charge in [0.1, 0.15) is 30.8 Å². The average molecular weight is 459 g/mol. The van der Waals surface area contributed by atoms with Crippen LogP contribution in [0.4, 0.5) is 0 Å². The van der Waals surface area contributed by atoms with Gasteiger partial charge in [0.25, 0.3) is 5.91 Å². The van der Waals surface area contributed by atoms with Gasteiger partial charge >= 0.3 is 5.97 Å². The lowest BCUT2D eigenvalue weighted by atomic mass is 10.1. The lowest BCUT2D eigenvalue weighted by molar-refractivity contribution is -0.143. The molecule has 1 amide bonds. The number of amides is 1. The second kappa shape index (κ2) is 10.8. The molecule has 0 fully saturated rings. The molecule has 1 aliphatic rings. The third kappa shape index (κ3) is 5.60. The lowest BCUT2D eigenvalue weighted by Gasteiger charge is -2.14. The fourth-order valence-corrected chi connectivity index (χ4v) is 3.56. The van der Waals surface area contributed by atoms with E-state index in [0.29, 0.717) is 35.2 Å². The fourth-order valence-electron chi connectivity index (χ4n) is 3.56. The fraction of sp³-hybridized carbons (Fsp3) is 0.417. The summed E-state index contributed by atoms with van der Waals surface area (Å²) >= 11 is 0. The lowest BCUT2D eigenvalue weighted by Crippen LogP contribution is -2.30. The molecule has 1 aliphatic heterocycles. The van der Waals surface area contributed by atoms with Crippen LogP contribution >= 0.6 is 0 Å². The summed E-state index contributed by atoms with van der Waals surface area (Å²) in [6.45, 7) is 4.07. The minimum absolute atomic E-state index is 0.000754. The highest BCUT2D eigenvalue weighted by atomic mass is 16.5. The maximum absolute atomic E-state index is 12.5. The molecule has 0 aliphatic carbocycles. The molecule has 9 heteroatoms. The number of ether oxygens (including phenoxy) is 6. The van der Waals surface area contributed by atoms with Gasteiger partial charge in [-0.25, -0.2) is 0 Å². The molecule has 3 rings (SSSR count). The van der Waals surface area contributed by atoms with Gasteiger partial charge in [0.2, 0.25) is 5.75 Å². The number of hydrogen-bond donors (Lipinski definition) is 1. The molecule has 178 valence electrons. The first kappa shape index (κ1) is 24.0. The van der Waals surface area contributed by atoms with Crippen molar-refractivity contribution in [1.82, 2.24) is 5.32 Å².